The molecule has 0 aliphatic carbocycles. The summed E-state index contributed by atoms with van der Waals surface area (Å²) in [7, 11) is 0. The summed E-state index contributed by atoms with van der Waals surface area (Å²) in [5.41, 5.74) is 1.52. The third-order valence-corrected chi connectivity index (χ3v) is 5.68. The van der Waals surface area contributed by atoms with E-state index in [9.17, 15) is 9.59 Å². The van der Waals surface area contributed by atoms with Gasteiger partial charge in [0, 0.05) is 30.5 Å². The van der Waals surface area contributed by atoms with Crippen LogP contribution < -0.4 is 10.6 Å². The molecule has 0 bridgehead atoms. The Labute approximate surface area is 172 Å². The summed E-state index contributed by atoms with van der Waals surface area (Å²) < 4.78 is 5.24. The summed E-state index contributed by atoms with van der Waals surface area (Å²) in [5, 5.41) is 11.5. The Morgan fingerprint density at radius 3 is 2.31 bits per heavy atom. The average molecular weight is 410 g/mol. The number of aromatic nitrogens is 1. The van der Waals surface area contributed by atoms with Gasteiger partial charge >= 0.3 is 6.03 Å². The molecule has 0 atom stereocenters. The molecule has 150 valence electrons. The van der Waals surface area contributed by atoms with E-state index in [1.54, 1.807) is 30.3 Å². The molecule has 1 fully saturated rings. The number of hydrogen-bond donors (Lipinski definition) is 2. The third-order valence-electron chi connectivity index (χ3n) is 4.79. The lowest BCUT2D eigenvalue weighted by Gasteiger charge is -2.20. The van der Waals surface area contributed by atoms with Crippen LogP contribution in [-0.2, 0) is 0 Å². The molecule has 3 amide bonds. The fourth-order valence-corrected chi connectivity index (χ4v) is 3.90. The summed E-state index contributed by atoms with van der Waals surface area (Å²) in [5.74, 6) is 0.217. The van der Waals surface area contributed by atoms with Gasteiger partial charge in [-0.25, -0.2) is 4.79 Å². The van der Waals surface area contributed by atoms with Crippen molar-refractivity contribution in [1.82, 2.24) is 10.1 Å². The Morgan fingerprint density at radius 2 is 1.66 bits per heavy atom. The van der Waals surface area contributed by atoms with E-state index in [-0.39, 0.29) is 17.6 Å². The number of hydrogen-bond acceptors (Lipinski definition) is 5. The Balaban J connectivity index is 1.34. The topological polar surface area (TPSA) is 87.5 Å². The molecule has 4 rings (SSSR count). The fraction of sp³-hybridized carbons (Fsp3) is 0.286. The van der Waals surface area contributed by atoms with E-state index >= 15 is 0 Å². The van der Waals surface area contributed by atoms with Crippen molar-refractivity contribution in [3.8, 4) is 10.6 Å². The first kappa shape index (κ1) is 19.2. The van der Waals surface area contributed by atoms with Crippen molar-refractivity contribution < 1.29 is 14.1 Å². The van der Waals surface area contributed by atoms with Crippen LogP contribution >= 0.6 is 11.3 Å². The molecule has 0 spiro atoms. The van der Waals surface area contributed by atoms with Gasteiger partial charge < -0.3 is 20.1 Å². The number of carbonyl (C=O) groups excluding carboxylic acids is 2. The van der Waals surface area contributed by atoms with Gasteiger partial charge in [-0.05, 0) is 48.6 Å². The van der Waals surface area contributed by atoms with Crippen molar-refractivity contribution >= 4 is 34.6 Å². The van der Waals surface area contributed by atoms with Gasteiger partial charge in [0.15, 0.2) is 11.5 Å². The van der Waals surface area contributed by atoms with E-state index in [1.807, 2.05) is 22.4 Å². The van der Waals surface area contributed by atoms with Crippen molar-refractivity contribution in [2.75, 3.05) is 23.7 Å². The number of nitrogens with one attached hydrogen (secondary N) is 2. The first-order chi connectivity index (χ1) is 14.2. The van der Waals surface area contributed by atoms with E-state index in [1.165, 1.54) is 24.2 Å². The van der Waals surface area contributed by atoms with Crippen LogP contribution in [0.5, 0.6) is 0 Å². The largest absolute Gasteiger partial charge is 0.355 e. The molecule has 1 aliphatic rings. The maximum atomic E-state index is 12.4. The van der Waals surface area contributed by atoms with E-state index in [0.29, 0.717) is 17.1 Å². The van der Waals surface area contributed by atoms with Crippen LogP contribution in [0, 0.1) is 0 Å². The number of benzene rings is 1. The van der Waals surface area contributed by atoms with Crippen molar-refractivity contribution in [3.05, 3.63) is 53.5 Å². The van der Waals surface area contributed by atoms with Gasteiger partial charge in [-0.1, -0.05) is 24.1 Å². The first-order valence-corrected chi connectivity index (χ1v) is 10.5. The minimum atomic E-state index is -0.349. The number of thiophene rings is 1. The molecule has 0 radical (unpaired) electrons. The van der Waals surface area contributed by atoms with Crippen molar-refractivity contribution in [1.29, 1.82) is 0 Å². The van der Waals surface area contributed by atoms with Crippen molar-refractivity contribution in [2.24, 2.45) is 0 Å². The zero-order valence-electron chi connectivity index (χ0n) is 15.9. The highest BCUT2D eigenvalue weighted by molar-refractivity contribution is 7.13. The highest BCUT2D eigenvalue weighted by atomic mass is 32.1. The van der Waals surface area contributed by atoms with Crippen molar-refractivity contribution in [2.45, 2.75) is 25.7 Å². The van der Waals surface area contributed by atoms with Gasteiger partial charge in [-0.2, -0.15) is 0 Å². The standard InChI is InChI=1S/C21H22N4O3S/c26-20(17-14-18(28-24-17)19-6-5-13-29-19)22-15-7-9-16(10-8-15)23-21(27)25-11-3-1-2-4-12-25/h5-10,13-14H,1-4,11-12H2,(H,22,26)(H,23,27). The number of carbonyl (C=O) groups is 2. The Hall–Kier alpha value is -3.13. The van der Waals surface area contributed by atoms with Crippen molar-refractivity contribution in [3.63, 3.8) is 0 Å². The third kappa shape index (κ3) is 4.83. The average Bonchev–Trinajstić information content (AvgIpc) is 3.36. The zero-order valence-corrected chi connectivity index (χ0v) is 16.7. The second kappa shape index (κ2) is 8.91. The second-order valence-corrected chi connectivity index (χ2v) is 7.86. The number of anilines is 2. The van der Waals surface area contributed by atoms with Crippen LogP contribution in [0.25, 0.3) is 10.6 Å². The van der Waals surface area contributed by atoms with Gasteiger partial charge in [0.2, 0.25) is 0 Å². The maximum Gasteiger partial charge on any atom is 0.321 e. The predicted octanol–water partition coefficient (Wildman–Crippen LogP) is 5.06. The molecule has 29 heavy (non-hydrogen) atoms. The molecule has 3 heterocycles. The van der Waals surface area contributed by atoms with Crippen LogP contribution in [0.15, 0.2) is 52.4 Å². The Morgan fingerprint density at radius 1 is 0.966 bits per heavy atom. The highest BCUT2D eigenvalue weighted by Crippen LogP contribution is 2.25. The fourth-order valence-electron chi connectivity index (χ4n) is 3.23. The maximum absolute atomic E-state index is 12.4. The number of urea groups is 1. The van der Waals surface area contributed by atoms with E-state index in [2.05, 4.69) is 15.8 Å². The SMILES string of the molecule is O=C(Nc1ccc(NC(=O)N2CCCCCC2)cc1)c1cc(-c2cccs2)on1. The summed E-state index contributed by atoms with van der Waals surface area (Å²) in [6.45, 7) is 1.59. The smallest absolute Gasteiger partial charge is 0.321 e. The van der Waals surface area contributed by atoms with Gasteiger partial charge in [0.1, 0.15) is 0 Å². The van der Waals surface area contributed by atoms with Crippen LogP contribution in [0.2, 0.25) is 0 Å². The Bertz CT molecular complexity index is 958. The molecular formula is C21H22N4O3S. The monoisotopic (exact) mass is 410 g/mol. The number of rotatable bonds is 4. The Kier molecular flexibility index (Phi) is 5.90. The second-order valence-electron chi connectivity index (χ2n) is 6.92. The molecule has 3 aromatic rings. The summed E-state index contributed by atoms with van der Waals surface area (Å²) >= 11 is 1.52. The zero-order chi connectivity index (χ0) is 20.1. The van der Waals surface area contributed by atoms with Crippen LogP contribution in [0.4, 0.5) is 16.2 Å². The minimum Gasteiger partial charge on any atom is -0.355 e. The summed E-state index contributed by atoms with van der Waals surface area (Å²) in [6, 6.07) is 12.4. The van der Waals surface area contributed by atoms with E-state index in [4.69, 9.17) is 4.52 Å². The lowest BCUT2D eigenvalue weighted by molar-refractivity contribution is 0.101. The van der Waals surface area contributed by atoms with Gasteiger partial charge in [-0.3, -0.25) is 4.79 Å². The molecule has 2 aromatic heterocycles. The molecule has 1 saturated heterocycles. The van der Waals surface area contributed by atoms with E-state index < -0.39 is 0 Å². The van der Waals surface area contributed by atoms with Gasteiger partial charge in [0.05, 0.1) is 4.88 Å². The van der Waals surface area contributed by atoms with Crippen LogP contribution in [-0.4, -0.2) is 35.1 Å². The summed E-state index contributed by atoms with van der Waals surface area (Å²) in [4.78, 5) is 27.6. The van der Waals surface area contributed by atoms with Crippen LogP contribution in [0.3, 0.4) is 0 Å². The van der Waals surface area contributed by atoms with Crippen LogP contribution in [0.1, 0.15) is 36.2 Å². The lowest BCUT2D eigenvalue weighted by Crippen LogP contribution is -2.35. The molecule has 1 aliphatic heterocycles. The molecule has 1 aromatic carbocycles. The molecule has 7 nitrogen and oxygen atoms in total. The summed E-state index contributed by atoms with van der Waals surface area (Å²) in [6.07, 6.45) is 4.46. The molecule has 0 saturated carbocycles. The van der Waals surface area contributed by atoms with E-state index in [0.717, 1.165) is 30.8 Å². The molecular weight excluding hydrogens is 388 g/mol. The molecule has 8 heteroatoms. The first-order valence-electron chi connectivity index (χ1n) is 9.67. The quantitative estimate of drug-likeness (QED) is 0.629. The number of likely N-dealkylation sites (tertiary alicyclic amines) is 1. The predicted molar refractivity (Wildman–Crippen MR) is 113 cm³/mol. The number of nitrogens with zero attached hydrogens (tertiary/aromatic N) is 2. The number of amides is 3. The molecule has 2 N–H and O–H groups in total. The van der Waals surface area contributed by atoms with Gasteiger partial charge in [0.25, 0.3) is 5.91 Å². The van der Waals surface area contributed by atoms with Gasteiger partial charge in [-0.15, -0.1) is 11.3 Å². The normalized spacial score (nSPS) is 14.3. The minimum absolute atomic E-state index is 0.0765. The molecule has 0 unspecified atom stereocenters. The lowest BCUT2D eigenvalue weighted by atomic mass is 10.2. The highest BCUT2D eigenvalue weighted by Gasteiger charge is 2.16.